The summed E-state index contributed by atoms with van der Waals surface area (Å²) in [4.78, 5) is 29.0. The molecule has 3 heterocycles. The van der Waals surface area contributed by atoms with Gasteiger partial charge in [-0.25, -0.2) is 4.79 Å². The smallest absolute Gasteiger partial charge is 0.342 e. The number of nitrogens with one attached hydrogen (secondary N) is 1. The third-order valence-corrected chi connectivity index (χ3v) is 3.86. The lowest BCUT2D eigenvalue weighted by molar-refractivity contribution is 0.112. The van der Waals surface area contributed by atoms with Crippen molar-refractivity contribution in [3.05, 3.63) is 70.6 Å². The molecule has 4 aromatic rings. The van der Waals surface area contributed by atoms with Crippen LogP contribution < -0.4 is 5.76 Å². The number of benzene rings is 1. The summed E-state index contributed by atoms with van der Waals surface area (Å²) in [5.41, 5.74) is 3.26. The first-order chi connectivity index (χ1) is 11.7. The highest BCUT2D eigenvalue weighted by atomic mass is 16.5. The number of hydrogen-bond donors (Lipinski definition) is 1. The zero-order valence-corrected chi connectivity index (χ0v) is 12.5. The first-order valence-corrected chi connectivity index (χ1v) is 7.28. The normalized spacial score (nSPS) is 11.0. The number of pyridine rings is 1. The first-order valence-electron chi connectivity index (χ1n) is 7.28. The van der Waals surface area contributed by atoms with Crippen LogP contribution >= 0.6 is 0 Å². The van der Waals surface area contributed by atoms with Crippen molar-refractivity contribution in [3.63, 3.8) is 0 Å². The summed E-state index contributed by atoms with van der Waals surface area (Å²) in [7, 11) is 0. The number of aromatic nitrogens is 4. The van der Waals surface area contributed by atoms with Crippen LogP contribution in [0.25, 0.3) is 22.3 Å². The third-order valence-electron chi connectivity index (χ3n) is 3.86. The quantitative estimate of drug-likeness (QED) is 0.582. The molecular formula is C17H12N4O3. The van der Waals surface area contributed by atoms with E-state index < -0.39 is 5.76 Å². The fourth-order valence-corrected chi connectivity index (χ4v) is 2.73. The largest absolute Gasteiger partial charge is 0.439 e. The highest BCUT2D eigenvalue weighted by Gasteiger charge is 2.12. The molecule has 0 unspecified atom stereocenters. The molecule has 24 heavy (non-hydrogen) atoms. The number of aldehydes is 1. The van der Waals surface area contributed by atoms with E-state index in [9.17, 15) is 9.59 Å². The maximum Gasteiger partial charge on any atom is 0.439 e. The monoisotopic (exact) mass is 320 g/mol. The number of carbonyl (C=O) groups is 1. The van der Waals surface area contributed by atoms with E-state index in [4.69, 9.17) is 0 Å². The number of H-pyrrole nitrogens is 1. The molecule has 7 heteroatoms. The maximum absolute atomic E-state index is 11.3. The molecule has 0 fully saturated rings. The van der Waals surface area contributed by atoms with Gasteiger partial charge in [0.2, 0.25) is 0 Å². The van der Waals surface area contributed by atoms with Gasteiger partial charge in [-0.2, -0.15) is 0 Å². The van der Waals surface area contributed by atoms with Crippen molar-refractivity contribution in [1.29, 1.82) is 0 Å². The van der Waals surface area contributed by atoms with Gasteiger partial charge in [0.25, 0.3) is 0 Å². The summed E-state index contributed by atoms with van der Waals surface area (Å²) in [6, 6.07) is 9.35. The van der Waals surface area contributed by atoms with E-state index in [1.54, 1.807) is 18.5 Å². The molecule has 3 aromatic heterocycles. The Kier molecular flexibility index (Phi) is 3.31. The topological polar surface area (TPSA) is 93.8 Å². The van der Waals surface area contributed by atoms with Crippen molar-refractivity contribution < 1.29 is 9.32 Å². The minimum atomic E-state index is -0.606. The van der Waals surface area contributed by atoms with E-state index >= 15 is 0 Å². The summed E-state index contributed by atoms with van der Waals surface area (Å²) in [6.45, 7) is 0.603. The molecule has 1 N–H and O–H groups in total. The van der Waals surface area contributed by atoms with Gasteiger partial charge in [0.1, 0.15) is 0 Å². The number of carbonyl (C=O) groups excluding carboxylic acids is 1. The van der Waals surface area contributed by atoms with Crippen LogP contribution in [0.5, 0.6) is 0 Å². The van der Waals surface area contributed by atoms with Crippen LogP contribution in [-0.2, 0) is 6.54 Å². The Balaban J connectivity index is 1.86. The summed E-state index contributed by atoms with van der Waals surface area (Å²) < 4.78 is 6.53. The Bertz CT molecular complexity index is 1080. The lowest BCUT2D eigenvalue weighted by atomic mass is 10.1. The van der Waals surface area contributed by atoms with E-state index in [-0.39, 0.29) is 0 Å². The summed E-state index contributed by atoms with van der Waals surface area (Å²) in [6.07, 6.45) is 6.11. The molecule has 7 nitrogen and oxygen atoms in total. The Morgan fingerprint density at radius 3 is 2.75 bits per heavy atom. The Morgan fingerprint density at radius 1 is 1.21 bits per heavy atom. The van der Waals surface area contributed by atoms with E-state index in [0.29, 0.717) is 23.5 Å². The summed E-state index contributed by atoms with van der Waals surface area (Å²) in [5, 5.41) is 4.54. The average molecular weight is 320 g/mol. The van der Waals surface area contributed by atoms with Gasteiger partial charge in [0, 0.05) is 47.2 Å². The fraction of sp³-hybridized carbons (Fsp3) is 0.0588. The van der Waals surface area contributed by atoms with Gasteiger partial charge in [0.15, 0.2) is 12.1 Å². The molecule has 118 valence electrons. The van der Waals surface area contributed by atoms with E-state index in [0.717, 1.165) is 22.8 Å². The van der Waals surface area contributed by atoms with Gasteiger partial charge in [-0.15, -0.1) is 0 Å². The number of nitrogens with zero attached hydrogens (tertiary/aromatic N) is 3. The van der Waals surface area contributed by atoms with E-state index in [1.165, 1.54) is 0 Å². The van der Waals surface area contributed by atoms with Gasteiger partial charge in [-0.1, -0.05) is 17.3 Å². The highest BCUT2D eigenvalue weighted by Crippen LogP contribution is 2.26. The first kappa shape index (κ1) is 14.1. The lowest BCUT2D eigenvalue weighted by Gasteiger charge is -2.06. The predicted molar refractivity (Wildman–Crippen MR) is 86.8 cm³/mol. The molecule has 0 radical (unpaired) electrons. The predicted octanol–water partition coefficient (Wildman–Crippen LogP) is 2.24. The number of rotatable bonds is 4. The standard InChI is InChI=1S/C17H12N4O3/c22-10-13-9-21(8-11-3-5-18-6-4-11)15-7-12(1-2-14(13)15)16-19-17(23)24-20-16/h1-7,9-10H,8H2,(H,19,20,23). The van der Waals surface area contributed by atoms with Gasteiger partial charge in [-0.3, -0.25) is 19.3 Å². The van der Waals surface area contributed by atoms with E-state index in [1.807, 2.05) is 35.0 Å². The van der Waals surface area contributed by atoms with Gasteiger partial charge >= 0.3 is 5.76 Å². The van der Waals surface area contributed by atoms with Crippen LogP contribution in [-0.4, -0.2) is 26.0 Å². The molecule has 4 rings (SSSR count). The number of hydrogen-bond acceptors (Lipinski definition) is 5. The minimum absolute atomic E-state index is 0.353. The number of aromatic amines is 1. The highest BCUT2D eigenvalue weighted by molar-refractivity contribution is 5.99. The Morgan fingerprint density at radius 2 is 2.04 bits per heavy atom. The number of fused-ring (bicyclic) bond motifs is 1. The second-order valence-corrected chi connectivity index (χ2v) is 5.36. The molecule has 0 amide bonds. The minimum Gasteiger partial charge on any atom is -0.342 e. The second kappa shape index (κ2) is 5.62. The molecule has 0 saturated carbocycles. The van der Waals surface area contributed by atoms with Crippen molar-refractivity contribution in [2.45, 2.75) is 6.54 Å². The molecule has 0 aliphatic rings. The molecule has 0 spiro atoms. The molecule has 0 aliphatic heterocycles. The van der Waals surface area contributed by atoms with Gasteiger partial charge < -0.3 is 4.57 Å². The molecule has 0 aliphatic carbocycles. The van der Waals surface area contributed by atoms with Crippen LogP contribution in [0.3, 0.4) is 0 Å². The van der Waals surface area contributed by atoms with Crippen LogP contribution in [0.4, 0.5) is 0 Å². The molecular weight excluding hydrogens is 308 g/mol. The summed E-state index contributed by atoms with van der Waals surface area (Å²) >= 11 is 0. The van der Waals surface area contributed by atoms with Crippen molar-refractivity contribution in [1.82, 2.24) is 19.7 Å². The second-order valence-electron chi connectivity index (χ2n) is 5.36. The molecule has 0 atom stereocenters. The SMILES string of the molecule is O=Cc1cn(Cc2ccncc2)c2cc(-c3noc(=O)[nH]3)ccc12. The van der Waals surface area contributed by atoms with E-state index in [2.05, 4.69) is 19.6 Å². The van der Waals surface area contributed by atoms with Crippen molar-refractivity contribution >= 4 is 17.2 Å². The zero-order chi connectivity index (χ0) is 16.5. The van der Waals surface area contributed by atoms with Gasteiger partial charge in [0.05, 0.1) is 0 Å². The van der Waals surface area contributed by atoms with Crippen molar-refractivity contribution in [2.75, 3.05) is 0 Å². The summed E-state index contributed by atoms with van der Waals surface area (Å²) in [5.74, 6) is -0.253. The van der Waals surface area contributed by atoms with Crippen LogP contribution in [0.15, 0.2) is 58.2 Å². The zero-order valence-electron chi connectivity index (χ0n) is 12.5. The van der Waals surface area contributed by atoms with Crippen LogP contribution in [0.2, 0.25) is 0 Å². The Hall–Kier alpha value is -3.48. The maximum atomic E-state index is 11.3. The van der Waals surface area contributed by atoms with Crippen molar-refractivity contribution in [3.8, 4) is 11.4 Å². The average Bonchev–Trinajstić information content (AvgIpc) is 3.19. The van der Waals surface area contributed by atoms with Crippen molar-refractivity contribution in [2.24, 2.45) is 0 Å². The Labute approximate surface area is 135 Å². The lowest BCUT2D eigenvalue weighted by Crippen LogP contribution is -1.98. The third kappa shape index (κ3) is 2.41. The molecule has 0 bridgehead atoms. The molecule has 0 saturated heterocycles. The van der Waals surface area contributed by atoms with Crippen LogP contribution in [0.1, 0.15) is 15.9 Å². The molecule has 1 aromatic carbocycles. The van der Waals surface area contributed by atoms with Gasteiger partial charge in [-0.05, 0) is 23.8 Å². The fourth-order valence-electron chi connectivity index (χ4n) is 2.73. The van der Waals surface area contributed by atoms with Crippen LogP contribution in [0, 0.1) is 0 Å².